The maximum absolute atomic E-state index is 12.6. The van der Waals surface area contributed by atoms with Gasteiger partial charge in [0.25, 0.3) is 0 Å². The van der Waals surface area contributed by atoms with Gasteiger partial charge in [0.2, 0.25) is 11.8 Å². The van der Waals surface area contributed by atoms with E-state index in [0.717, 1.165) is 6.20 Å². The van der Waals surface area contributed by atoms with Crippen molar-refractivity contribution in [2.24, 2.45) is 5.73 Å². The SMILES string of the molecule is CC(N)CC(=O)Nc1ccc(OCC(F)(F)C(F)F)nc1.Cl.Cl. The van der Waals surface area contributed by atoms with Crippen LogP contribution in [0.4, 0.5) is 23.2 Å². The smallest absolute Gasteiger partial charge is 0.340 e. The molecule has 11 heteroatoms. The summed E-state index contributed by atoms with van der Waals surface area (Å²) in [6.45, 7) is 0.187. The minimum absolute atomic E-state index is 0. The molecule has 0 saturated carbocycles. The molecule has 1 amide bonds. The molecular weight excluding hydrogens is 365 g/mol. The molecule has 0 fully saturated rings. The number of nitrogens with zero attached hydrogens (tertiary/aromatic N) is 1. The fourth-order valence-corrected chi connectivity index (χ4v) is 1.28. The monoisotopic (exact) mass is 381 g/mol. The van der Waals surface area contributed by atoms with Crippen LogP contribution in [0.3, 0.4) is 0 Å². The van der Waals surface area contributed by atoms with Gasteiger partial charge in [-0.15, -0.1) is 24.8 Å². The molecule has 1 aromatic rings. The molecule has 1 unspecified atom stereocenters. The van der Waals surface area contributed by atoms with Crippen LogP contribution in [0.25, 0.3) is 0 Å². The molecule has 0 aliphatic carbocycles. The predicted molar refractivity (Wildman–Crippen MR) is 82.1 cm³/mol. The molecule has 0 saturated heterocycles. The Bertz CT molecular complexity index is 476. The van der Waals surface area contributed by atoms with Gasteiger partial charge >= 0.3 is 12.3 Å². The van der Waals surface area contributed by atoms with E-state index in [1.54, 1.807) is 6.92 Å². The van der Waals surface area contributed by atoms with E-state index in [4.69, 9.17) is 5.73 Å². The van der Waals surface area contributed by atoms with Crippen molar-refractivity contribution < 1.29 is 27.1 Å². The highest BCUT2D eigenvalue weighted by molar-refractivity contribution is 5.90. The average molecular weight is 382 g/mol. The van der Waals surface area contributed by atoms with E-state index in [2.05, 4.69) is 15.0 Å². The molecule has 3 N–H and O–H groups in total. The normalized spacial score (nSPS) is 12.0. The van der Waals surface area contributed by atoms with E-state index in [1.807, 2.05) is 0 Å². The van der Waals surface area contributed by atoms with Gasteiger partial charge in [-0.05, 0) is 13.0 Å². The van der Waals surface area contributed by atoms with Crippen molar-refractivity contribution in [1.29, 1.82) is 0 Å². The second-order valence-electron chi connectivity index (χ2n) is 4.47. The molecule has 1 aromatic heterocycles. The van der Waals surface area contributed by atoms with Crippen molar-refractivity contribution in [1.82, 2.24) is 4.98 Å². The van der Waals surface area contributed by atoms with Crippen molar-refractivity contribution in [2.75, 3.05) is 11.9 Å². The molecular formula is C12H17Cl2F4N3O2. The summed E-state index contributed by atoms with van der Waals surface area (Å²) in [5, 5.41) is 2.49. The highest BCUT2D eigenvalue weighted by Gasteiger charge is 2.41. The number of nitrogens with two attached hydrogens (primary N) is 1. The highest BCUT2D eigenvalue weighted by Crippen LogP contribution is 2.24. The summed E-state index contributed by atoms with van der Waals surface area (Å²) >= 11 is 0. The van der Waals surface area contributed by atoms with Crippen molar-refractivity contribution in [3.63, 3.8) is 0 Å². The van der Waals surface area contributed by atoms with Crippen LogP contribution >= 0.6 is 24.8 Å². The summed E-state index contributed by atoms with van der Waals surface area (Å²) in [5.41, 5.74) is 5.76. The van der Waals surface area contributed by atoms with Gasteiger partial charge in [0.1, 0.15) is 0 Å². The summed E-state index contributed by atoms with van der Waals surface area (Å²) < 4.78 is 53.6. The Morgan fingerprint density at radius 3 is 2.43 bits per heavy atom. The molecule has 134 valence electrons. The van der Waals surface area contributed by atoms with Crippen LogP contribution < -0.4 is 15.8 Å². The second-order valence-corrected chi connectivity index (χ2v) is 4.47. The van der Waals surface area contributed by atoms with E-state index < -0.39 is 19.0 Å². The Labute approximate surface area is 142 Å². The summed E-state index contributed by atoms with van der Waals surface area (Å²) in [6.07, 6.45) is -2.54. The Hall–Kier alpha value is -1.32. The Morgan fingerprint density at radius 2 is 2.00 bits per heavy atom. The molecule has 0 aromatic carbocycles. The Balaban J connectivity index is 0. The van der Waals surface area contributed by atoms with Crippen LogP contribution in [-0.4, -0.2) is 35.9 Å². The maximum atomic E-state index is 12.6. The lowest BCUT2D eigenvalue weighted by Crippen LogP contribution is -2.33. The average Bonchev–Trinajstić information content (AvgIpc) is 2.36. The quantitative estimate of drug-likeness (QED) is 0.711. The highest BCUT2D eigenvalue weighted by atomic mass is 35.5. The zero-order valence-electron chi connectivity index (χ0n) is 12.0. The van der Waals surface area contributed by atoms with Gasteiger partial charge in [0.15, 0.2) is 6.61 Å². The van der Waals surface area contributed by atoms with Gasteiger partial charge in [0, 0.05) is 18.5 Å². The molecule has 23 heavy (non-hydrogen) atoms. The lowest BCUT2D eigenvalue weighted by molar-refractivity contribution is -0.148. The summed E-state index contributed by atoms with van der Waals surface area (Å²) in [4.78, 5) is 15.0. The number of nitrogens with one attached hydrogen (secondary N) is 1. The van der Waals surface area contributed by atoms with Crippen LogP contribution in [0, 0.1) is 0 Å². The first kappa shape index (κ1) is 23.9. The van der Waals surface area contributed by atoms with E-state index in [1.165, 1.54) is 12.1 Å². The molecule has 0 bridgehead atoms. The number of anilines is 1. The molecule has 0 aliphatic rings. The van der Waals surface area contributed by atoms with Crippen molar-refractivity contribution in [3.8, 4) is 5.88 Å². The van der Waals surface area contributed by atoms with Gasteiger partial charge < -0.3 is 15.8 Å². The minimum atomic E-state index is -4.24. The topological polar surface area (TPSA) is 77.2 Å². The van der Waals surface area contributed by atoms with Crippen molar-refractivity contribution in [3.05, 3.63) is 18.3 Å². The molecule has 1 heterocycles. The van der Waals surface area contributed by atoms with Crippen molar-refractivity contribution in [2.45, 2.75) is 31.7 Å². The van der Waals surface area contributed by atoms with Crippen LogP contribution in [0.15, 0.2) is 18.3 Å². The number of alkyl halides is 4. The van der Waals surface area contributed by atoms with Gasteiger partial charge in [0.05, 0.1) is 11.9 Å². The van der Waals surface area contributed by atoms with Crippen molar-refractivity contribution >= 4 is 36.4 Å². The lowest BCUT2D eigenvalue weighted by Gasteiger charge is -2.15. The summed E-state index contributed by atoms with van der Waals surface area (Å²) in [5.74, 6) is -4.82. The van der Waals surface area contributed by atoms with Gasteiger partial charge in [-0.3, -0.25) is 4.79 Å². The number of carbonyl (C=O) groups is 1. The van der Waals surface area contributed by atoms with Crippen LogP contribution in [0.1, 0.15) is 13.3 Å². The Morgan fingerprint density at radius 1 is 1.39 bits per heavy atom. The van der Waals surface area contributed by atoms with E-state index in [0.29, 0.717) is 5.69 Å². The third-order valence-electron chi connectivity index (χ3n) is 2.26. The molecule has 0 aliphatic heterocycles. The molecule has 0 spiro atoms. The fourth-order valence-electron chi connectivity index (χ4n) is 1.28. The first-order chi connectivity index (χ1) is 9.70. The third kappa shape index (κ3) is 8.77. The van der Waals surface area contributed by atoms with Gasteiger partial charge in [-0.1, -0.05) is 0 Å². The molecule has 1 rings (SSSR count). The lowest BCUT2D eigenvalue weighted by atomic mass is 10.2. The standard InChI is InChI=1S/C12H15F4N3O2.2ClH/c1-7(17)4-9(20)19-8-2-3-10(18-5-8)21-6-12(15,16)11(13)14;;/h2-3,5,7,11H,4,6,17H2,1H3,(H,19,20);2*1H. The number of aromatic nitrogens is 1. The number of rotatable bonds is 7. The number of halogens is 6. The molecule has 0 radical (unpaired) electrons. The van der Waals surface area contributed by atoms with Crippen LogP contribution in [0.2, 0.25) is 0 Å². The number of pyridine rings is 1. The van der Waals surface area contributed by atoms with E-state index >= 15 is 0 Å². The first-order valence-electron chi connectivity index (χ1n) is 6.01. The zero-order chi connectivity index (χ0) is 16.0. The minimum Gasteiger partial charge on any atom is -0.471 e. The Kier molecular flexibility index (Phi) is 10.9. The number of amides is 1. The third-order valence-corrected chi connectivity index (χ3v) is 2.26. The van der Waals surface area contributed by atoms with Crippen LogP contribution in [0.5, 0.6) is 5.88 Å². The number of carbonyl (C=O) groups excluding carboxylic acids is 1. The predicted octanol–water partition coefficient (Wildman–Crippen LogP) is 2.88. The van der Waals surface area contributed by atoms with Gasteiger partial charge in [-0.2, -0.15) is 8.78 Å². The van der Waals surface area contributed by atoms with E-state index in [9.17, 15) is 22.4 Å². The fraction of sp³-hybridized carbons (Fsp3) is 0.500. The first-order valence-corrected chi connectivity index (χ1v) is 6.01. The summed E-state index contributed by atoms with van der Waals surface area (Å²) in [6, 6.07) is 2.22. The van der Waals surface area contributed by atoms with Crippen LogP contribution in [-0.2, 0) is 4.79 Å². The summed E-state index contributed by atoms with van der Waals surface area (Å²) in [7, 11) is 0. The largest absolute Gasteiger partial charge is 0.471 e. The van der Waals surface area contributed by atoms with E-state index in [-0.39, 0.29) is 49.1 Å². The number of ether oxygens (including phenoxy) is 1. The number of hydrogen-bond donors (Lipinski definition) is 2. The molecule has 1 atom stereocenters. The number of hydrogen-bond acceptors (Lipinski definition) is 4. The molecule has 5 nitrogen and oxygen atoms in total. The maximum Gasteiger partial charge on any atom is 0.340 e. The van der Waals surface area contributed by atoms with Gasteiger partial charge in [-0.25, -0.2) is 13.8 Å². The second kappa shape index (κ2) is 10.5. The zero-order valence-corrected chi connectivity index (χ0v) is 13.6.